The van der Waals surface area contributed by atoms with Crippen LogP contribution in [-0.2, 0) is 0 Å². The molecule has 0 aliphatic heterocycles. The van der Waals surface area contributed by atoms with Crippen LogP contribution in [0.5, 0.6) is 0 Å². The van der Waals surface area contributed by atoms with Gasteiger partial charge in [-0.25, -0.2) is 0 Å². The third-order valence-corrected chi connectivity index (χ3v) is 5.72. The van der Waals surface area contributed by atoms with E-state index in [1.54, 1.807) is 0 Å². The third-order valence-electron chi connectivity index (χ3n) is 5.05. The molecule has 1 saturated carbocycles. The zero-order valence-corrected chi connectivity index (χ0v) is 13.1. The summed E-state index contributed by atoms with van der Waals surface area (Å²) >= 11 is 4.64. The maximum absolute atomic E-state index is 4.64. The first-order chi connectivity index (χ1) is 8.21. The van der Waals surface area contributed by atoms with E-state index >= 15 is 0 Å². The second-order valence-corrected chi connectivity index (χ2v) is 6.52. The van der Waals surface area contributed by atoms with Gasteiger partial charge in [0.2, 0.25) is 0 Å². The van der Waals surface area contributed by atoms with Crippen LogP contribution in [0.3, 0.4) is 0 Å². The van der Waals surface area contributed by atoms with E-state index < -0.39 is 0 Å². The van der Waals surface area contributed by atoms with Crippen LogP contribution in [0, 0.1) is 17.3 Å². The lowest BCUT2D eigenvalue weighted by Gasteiger charge is -2.42. The molecule has 1 aliphatic carbocycles. The van der Waals surface area contributed by atoms with E-state index in [4.69, 9.17) is 0 Å². The fourth-order valence-electron chi connectivity index (χ4n) is 3.84. The van der Waals surface area contributed by atoms with E-state index in [2.05, 4.69) is 33.4 Å². The highest BCUT2D eigenvalue weighted by atomic mass is 32.1. The smallest absolute Gasteiger partial charge is 0.00412 e. The zero-order valence-electron chi connectivity index (χ0n) is 12.2. The summed E-state index contributed by atoms with van der Waals surface area (Å²) < 4.78 is 0. The molecular formula is C16H32S. The molecule has 0 amide bonds. The van der Waals surface area contributed by atoms with Crippen molar-refractivity contribution in [1.82, 2.24) is 0 Å². The van der Waals surface area contributed by atoms with Gasteiger partial charge in [-0.05, 0) is 42.3 Å². The highest BCUT2D eigenvalue weighted by Gasteiger charge is 2.36. The number of thiol groups is 1. The molecule has 1 fully saturated rings. The van der Waals surface area contributed by atoms with Gasteiger partial charge in [-0.15, -0.1) is 0 Å². The average molecular weight is 256 g/mol. The Morgan fingerprint density at radius 1 is 1.18 bits per heavy atom. The van der Waals surface area contributed by atoms with Gasteiger partial charge in [0.05, 0.1) is 0 Å². The van der Waals surface area contributed by atoms with Crippen molar-refractivity contribution in [2.75, 3.05) is 5.75 Å². The lowest BCUT2D eigenvalue weighted by Crippen LogP contribution is -2.33. The minimum atomic E-state index is 0.575. The standard InChI is InChI=1S/C16H32S/c1-4-8-14(9-5-2)15-10-7-11-16(6-3,12-15)13-17/h14-15,17H,4-13H2,1-3H3/t15-,16+/m0/s1. The van der Waals surface area contributed by atoms with Gasteiger partial charge >= 0.3 is 0 Å². The molecule has 1 heteroatoms. The number of rotatable bonds is 7. The SMILES string of the molecule is CCCC(CCC)[C@H]1CCC[C@@](CC)(CS)C1. The second kappa shape index (κ2) is 7.71. The van der Waals surface area contributed by atoms with Crippen LogP contribution in [0.2, 0.25) is 0 Å². The molecule has 17 heavy (non-hydrogen) atoms. The van der Waals surface area contributed by atoms with E-state index in [-0.39, 0.29) is 0 Å². The summed E-state index contributed by atoms with van der Waals surface area (Å²) in [6, 6.07) is 0. The van der Waals surface area contributed by atoms with Crippen LogP contribution in [0.25, 0.3) is 0 Å². The second-order valence-electron chi connectivity index (χ2n) is 6.21. The highest BCUT2D eigenvalue weighted by molar-refractivity contribution is 7.80. The van der Waals surface area contributed by atoms with Gasteiger partial charge in [0.15, 0.2) is 0 Å². The Morgan fingerprint density at radius 2 is 1.82 bits per heavy atom. The molecule has 0 aromatic heterocycles. The largest absolute Gasteiger partial charge is 0.179 e. The molecule has 0 saturated heterocycles. The Labute approximate surface area is 114 Å². The maximum Gasteiger partial charge on any atom is -0.00412 e. The molecule has 1 aliphatic rings. The van der Waals surface area contributed by atoms with Gasteiger partial charge in [0.1, 0.15) is 0 Å². The monoisotopic (exact) mass is 256 g/mol. The Hall–Kier alpha value is 0.350. The Kier molecular flexibility index (Phi) is 6.99. The van der Waals surface area contributed by atoms with Crippen molar-refractivity contribution in [3.63, 3.8) is 0 Å². The Balaban J connectivity index is 2.62. The lowest BCUT2D eigenvalue weighted by atomic mass is 9.64. The van der Waals surface area contributed by atoms with E-state index in [0.717, 1.165) is 17.6 Å². The van der Waals surface area contributed by atoms with Crippen molar-refractivity contribution < 1.29 is 0 Å². The van der Waals surface area contributed by atoms with Crippen LogP contribution in [0.4, 0.5) is 0 Å². The molecule has 0 aromatic rings. The van der Waals surface area contributed by atoms with Gasteiger partial charge in [-0.1, -0.05) is 59.3 Å². The summed E-state index contributed by atoms with van der Waals surface area (Å²) in [6.45, 7) is 7.06. The Morgan fingerprint density at radius 3 is 2.29 bits per heavy atom. The molecular weight excluding hydrogens is 224 g/mol. The molecule has 0 radical (unpaired) electrons. The average Bonchev–Trinajstić information content (AvgIpc) is 2.38. The van der Waals surface area contributed by atoms with Crippen molar-refractivity contribution in [2.24, 2.45) is 17.3 Å². The van der Waals surface area contributed by atoms with Gasteiger partial charge in [-0.3, -0.25) is 0 Å². The summed E-state index contributed by atoms with van der Waals surface area (Å²) in [7, 11) is 0. The first-order valence-electron chi connectivity index (χ1n) is 7.82. The highest BCUT2D eigenvalue weighted by Crippen LogP contribution is 2.46. The molecule has 102 valence electrons. The molecule has 2 atom stereocenters. The molecule has 0 bridgehead atoms. The van der Waals surface area contributed by atoms with Crippen LogP contribution < -0.4 is 0 Å². The first-order valence-corrected chi connectivity index (χ1v) is 8.45. The van der Waals surface area contributed by atoms with Crippen LogP contribution in [0.15, 0.2) is 0 Å². The minimum absolute atomic E-state index is 0.575. The van der Waals surface area contributed by atoms with Gasteiger partial charge in [0, 0.05) is 0 Å². The van der Waals surface area contributed by atoms with E-state index in [1.165, 1.54) is 57.8 Å². The molecule has 0 aromatic carbocycles. The summed E-state index contributed by atoms with van der Waals surface area (Å²) in [5, 5.41) is 0. The lowest BCUT2D eigenvalue weighted by molar-refractivity contribution is 0.109. The predicted molar refractivity (Wildman–Crippen MR) is 81.8 cm³/mol. The molecule has 0 unspecified atom stereocenters. The first kappa shape index (κ1) is 15.4. The quantitative estimate of drug-likeness (QED) is 0.553. The van der Waals surface area contributed by atoms with Crippen LogP contribution >= 0.6 is 12.6 Å². The summed E-state index contributed by atoms with van der Waals surface area (Å²) in [5.74, 6) is 3.09. The van der Waals surface area contributed by atoms with Crippen LogP contribution in [-0.4, -0.2) is 5.75 Å². The molecule has 0 heterocycles. The Bertz CT molecular complexity index is 190. The number of hydrogen-bond acceptors (Lipinski definition) is 1. The van der Waals surface area contributed by atoms with E-state index in [9.17, 15) is 0 Å². The van der Waals surface area contributed by atoms with Crippen molar-refractivity contribution in [1.29, 1.82) is 0 Å². The number of hydrogen-bond donors (Lipinski definition) is 1. The normalized spacial score (nSPS) is 29.8. The minimum Gasteiger partial charge on any atom is -0.179 e. The van der Waals surface area contributed by atoms with Gasteiger partial charge in [-0.2, -0.15) is 12.6 Å². The fraction of sp³-hybridized carbons (Fsp3) is 1.00. The molecule has 0 nitrogen and oxygen atoms in total. The summed E-state index contributed by atoms with van der Waals surface area (Å²) in [5.41, 5.74) is 0.575. The summed E-state index contributed by atoms with van der Waals surface area (Å²) in [4.78, 5) is 0. The zero-order chi connectivity index (χ0) is 12.7. The van der Waals surface area contributed by atoms with E-state index in [1.807, 2.05) is 0 Å². The maximum atomic E-state index is 4.64. The van der Waals surface area contributed by atoms with Crippen molar-refractivity contribution in [2.45, 2.75) is 78.6 Å². The summed E-state index contributed by atoms with van der Waals surface area (Å²) in [6.07, 6.45) is 12.8. The molecule has 0 spiro atoms. The molecule has 0 N–H and O–H groups in total. The topological polar surface area (TPSA) is 0 Å². The fourth-order valence-corrected chi connectivity index (χ4v) is 4.35. The molecule has 1 rings (SSSR count). The van der Waals surface area contributed by atoms with Crippen molar-refractivity contribution in [3.05, 3.63) is 0 Å². The van der Waals surface area contributed by atoms with Crippen molar-refractivity contribution >= 4 is 12.6 Å². The van der Waals surface area contributed by atoms with Gasteiger partial charge < -0.3 is 0 Å². The van der Waals surface area contributed by atoms with Crippen molar-refractivity contribution in [3.8, 4) is 0 Å². The van der Waals surface area contributed by atoms with Crippen LogP contribution in [0.1, 0.15) is 78.6 Å². The van der Waals surface area contributed by atoms with Gasteiger partial charge in [0.25, 0.3) is 0 Å². The van der Waals surface area contributed by atoms with E-state index in [0.29, 0.717) is 5.41 Å². The third kappa shape index (κ3) is 4.19. The predicted octanol–water partition coefficient (Wildman–Crippen LogP) is 5.72.